The molecule has 35 heavy (non-hydrogen) atoms. The number of amidine groups is 1. The minimum atomic E-state index is -4.02. The van der Waals surface area contributed by atoms with Crippen LogP contribution >= 0.6 is 23.2 Å². The van der Waals surface area contributed by atoms with E-state index >= 15 is 0 Å². The molecule has 0 fully saturated rings. The monoisotopic (exact) mass is 526 g/mol. The Labute approximate surface area is 212 Å². The highest BCUT2D eigenvalue weighted by molar-refractivity contribution is 7.92. The minimum Gasteiger partial charge on any atom is -0.384 e. The van der Waals surface area contributed by atoms with Gasteiger partial charge in [-0.25, -0.2) is 8.42 Å². The van der Waals surface area contributed by atoms with Crippen molar-refractivity contribution in [2.24, 2.45) is 5.73 Å². The molecule has 178 valence electrons. The van der Waals surface area contributed by atoms with Crippen molar-refractivity contribution in [3.05, 3.63) is 106 Å². The second kappa shape index (κ2) is 9.95. The van der Waals surface area contributed by atoms with Crippen LogP contribution in [0.3, 0.4) is 0 Å². The number of nitrogen functional groups attached to an aromatic ring is 1. The lowest BCUT2D eigenvalue weighted by Gasteiger charge is -2.12. The van der Waals surface area contributed by atoms with Crippen LogP contribution in [0.15, 0.2) is 83.8 Å². The van der Waals surface area contributed by atoms with Crippen molar-refractivity contribution in [2.45, 2.75) is 11.4 Å². The highest BCUT2D eigenvalue weighted by Gasteiger charge is 2.19. The first-order valence-corrected chi connectivity index (χ1v) is 12.6. The third-order valence-corrected chi connectivity index (χ3v) is 7.38. The molecule has 0 heterocycles. The Kier molecular flexibility index (Phi) is 6.98. The van der Waals surface area contributed by atoms with Crippen molar-refractivity contribution in [3.63, 3.8) is 0 Å². The average molecular weight is 527 g/mol. The molecule has 4 rings (SSSR count). The summed E-state index contributed by atoms with van der Waals surface area (Å²) >= 11 is 12.0. The number of benzene rings is 4. The first kappa shape index (κ1) is 24.5. The fraction of sp³-hybridized carbons (Fsp3) is 0.0400. The minimum absolute atomic E-state index is 0.0274. The smallest absolute Gasteiger partial charge is 0.263 e. The van der Waals surface area contributed by atoms with Crippen LogP contribution in [0.25, 0.3) is 10.8 Å². The molecule has 0 bridgehead atoms. The fourth-order valence-electron chi connectivity index (χ4n) is 3.51. The van der Waals surface area contributed by atoms with Crippen molar-refractivity contribution < 1.29 is 13.2 Å². The molecule has 4 aromatic rings. The molecule has 0 saturated carbocycles. The number of nitrogens with two attached hydrogens (primary N) is 1. The topological polar surface area (TPSA) is 125 Å². The van der Waals surface area contributed by atoms with Gasteiger partial charge in [0.05, 0.1) is 5.02 Å². The van der Waals surface area contributed by atoms with E-state index < -0.39 is 10.0 Å². The number of carbonyl (C=O) groups excluding carboxylic acids is 1. The lowest BCUT2D eigenvalue weighted by atomic mass is 10.0. The molecule has 7 nitrogen and oxygen atoms in total. The van der Waals surface area contributed by atoms with Crippen LogP contribution in [0, 0.1) is 5.41 Å². The van der Waals surface area contributed by atoms with E-state index in [1.165, 1.54) is 18.2 Å². The number of anilines is 1. The number of halogens is 2. The zero-order chi connectivity index (χ0) is 25.2. The van der Waals surface area contributed by atoms with Crippen LogP contribution in [-0.4, -0.2) is 20.2 Å². The normalized spacial score (nSPS) is 11.3. The summed E-state index contributed by atoms with van der Waals surface area (Å²) in [4.78, 5) is 12.8. The van der Waals surface area contributed by atoms with Crippen LogP contribution < -0.4 is 15.8 Å². The summed E-state index contributed by atoms with van der Waals surface area (Å²) in [6.45, 7) is 0.271. The van der Waals surface area contributed by atoms with E-state index in [0.29, 0.717) is 16.5 Å². The maximum atomic E-state index is 13.0. The van der Waals surface area contributed by atoms with Crippen LogP contribution in [0.1, 0.15) is 21.5 Å². The highest BCUT2D eigenvalue weighted by atomic mass is 35.5. The molecule has 0 saturated heterocycles. The Morgan fingerprint density at radius 2 is 1.69 bits per heavy atom. The van der Waals surface area contributed by atoms with E-state index in [9.17, 15) is 13.2 Å². The fourth-order valence-corrected chi connectivity index (χ4v) is 5.32. The van der Waals surface area contributed by atoms with E-state index in [1.54, 1.807) is 54.6 Å². The van der Waals surface area contributed by atoms with Crippen LogP contribution in [0.2, 0.25) is 10.0 Å². The zero-order valence-corrected chi connectivity index (χ0v) is 20.5. The van der Waals surface area contributed by atoms with Crippen molar-refractivity contribution >= 4 is 61.4 Å². The molecular weight excluding hydrogens is 507 g/mol. The SMILES string of the molecule is N=C(N)c1ccc(CNC(=O)c2cccc3ccc(NS(=O)(=O)c4cc(Cl)ccc4Cl)cc23)cc1. The summed E-state index contributed by atoms with van der Waals surface area (Å²) < 4.78 is 28.3. The molecule has 10 heteroatoms. The van der Waals surface area contributed by atoms with Crippen LogP contribution in [-0.2, 0) is 16.6 Å². The molecule has 5 N–H and O–H groups in total. The second-order valence-electron chi connectivity index (χ2n) is 7.72. The highest BCUT2D eigenvalue weighted by Crippen LogP contribution is 2.29. The number of amides is 1. The van der Waals surface area contributed by atoms with E-state index in [2.05, 4.69) is 10.0 Å². The molecule has 1 amide bonds. The molecule has 4 aromatic carbocycles. The van der Waals surface area contributed by atoms with E-state index in [0.717, 1.165) is 10.9 Å². The predicted molar refractivity (Wildman–Crippen MR) is 140 cm³/mol. The summed E-state index contributed by atoms with van der Waals surface area (Å²) in [5, 5.41) is 12.0. The molecule has 0 aliphatic heterocycles. The van der Waals surface area contributed by atoms with Gasteiger partial charge in [-0.3, -0.25) is 14.9 Å². The first-order chi connectivity index (χ1) is 16.6. The Hall–Kier alpha value is -3.59. The van der Waals surface area contributed by atoms with Gasteiger partial charge in [0, 0.05) is 28.4 Å². The van der Waals surface area contributed by atoms with Gasteiger partial charge in [0.15, 0.2) is 0 Å². The van der Waals surface area contributed by atoms with E-state index in [4.69, 9.17) is 34.3 Å². The number of nitrogens with one attached hydrogen (secondary N) is 3. The van der Waals surface area contributed by atoms with Crippen molar-refractivity contribution in [1.82, 2.24) is 5.32 Å². The van der Waals surface area contributed by atoms with Crippen LogP contribution in [0.5, 0.6) is 0 Å². The second-order valence-corrected chi connectivity index (χ2v) is 10.2. The van der Waals surface area contributed by atoms with Crippen molar-refractivity contribution in [2.75, 3.05) is 4.72 Å². The first-order valence-electron chi connectivity index (χ1n) is 10.4. The maximum Gasteiger partial charge on any atom is 0.263 e. The van der Waals surface area contributed by atoms with E-state index in [1.807, 2.05) is 6.07 Å². The lowest BCUT2D eigenvalue weighted by Crippen LogP contribution is -2.23. The Balaban J connectivity index is 1.58. The van der Waals surface area contributed by atoms with Crippen LogP contribution in [0.4, 0.5) is 5.69 Å². The number of sulfonamides is 1. The summed E-state index contributed by atoms with van der Waals surface area (Å²) in [7, 11) is -4.02. The summed E-state index contributed by atoms with van der Waals surface area (Å²) in [6.07, 6.45) is 0. The predicted octanol–water partition coefficient (Wildman–Crippen LogP) is 5.16. The van der Waals surface area contributed by atoms with Gasteiger partial charge in [-0.05, 0) is 52.7 Å². The largest absolute Gasteiger partial charge is 0.384 e. The van der Waals surface area contributed by atoms with Gasteiger partial charge >= 0.3 is 0 Å². The molecule has 0 aliphatic carbocycles. The van der Waals surface area contributed by atoms with Gasteiger partial charge < -0.3 is 11.1 Å². The van der Waals surface area contributed by atoms with Gasteiger partial charge in [0.25, 0.3) is 15.9 Å². The number of rotatable bonds is 7. The third-order valence-electron chi connectivity index (χ3n) is 5.28. The summed E-state index contributed by atoms with van der Waals surface area (Å²) in [6, 6.07) is 21.4. The molecule has 0 radical (unpaired) electrons. The molecule has 0 atom stereocenters. The number of hydrogen-bond donors (Lipinski definition) is 4. The Morgan fingerprint density at radius 1 is 0.943 bits per heavy atom. The third kappa shape index (κ3) is 5.57. The summed E-state index contributed by atoms with van der Waals surface area (Å²) in [5.41, 5.74) is 7.58. The lowest BCUT2D eigenvalue weighted by molar-refractivity contribution is 0.0952. The molecule has 0 unspecified atom stereocenters. The van der Waals surface area contributed by atoms with Gasteiger partial charge in [0.1, 0.15) is 10.7 Å². The quantitative estimate of drug-likeness (QED) is 0.196. The summed E-state index contributed by atoms with van der Waals surface area (Å²) in [5.74, 6) is -0.343. The van der Waals surface area contributed by atoms with Crippen molar-refractivity contribution in [1.29, 1.82) is 5.41 Å². The standard InChI is InChI=1S/C25H20Cl2N4O3S/c26-18-9-11-22(27)23(12-18)35(33,34)31-19-10-8-16-2-1-3-20(21(16)13-19)25(32)30-14-15-4-6-17(7-5-15)24(28)29/h1-13,31H,14H2,(H3,28,29)(H,30,32). The number of hydrogen-bond acceptors (Lipinski definition) is 4. The van der Waals surface area contributed by atoms with Gasteiger partial charge in [-0.15, -0.1) is 0 Å². The van der Waals surface area contributed by atoms with Gasteiger partial charge in [-0.2, -0.15) is 0 Å². The average Bonchev–Trinajstić information content (AvgIpc) is 2.83. The molecular formula is C25H20Cl2N4O3S. The zero-order valence-electron chi connectivity index (χ0n) is 18.2. The Bertz CT molecular complexity index is 1560. The van der Waals surface area contributed by atoms with Crippen molar-refractivity contribution in [3.8, 4) is 0 Å². The number of carbonyl (C=O) groups is 1. The van der Waals surface area contributed by atoms with Gasteiger partial charge in [-0.1, -0.05) is 65.7 Å². The molecule has 0 spiro atoms. The molecule has 0 aliphatic rings. The van der Waals surface area contributed by atoms with Gasteiger partial charge in [0.2, 0.25) is 0 Å². The molecule has 0 aromatic heterocycles. The number of fused-ring (bicyclic) bond motifs is 1. The Morgan fingerprint density at radius 3 is 2.40 bits per heavy atom. The van der Waals surface area contributed by atoms with E-state index in [-0.39, 0.29) is 38.9 Å². The maximum absolute atomic E-state index is 13.0.